The number of nitrogens with zero attached hydrogens (tertiary/aromatic N) is 2. The molecule has 2 rings (SSSR count). The molecule has 1 aliphatic rings. The molecule has 8 heteroatoms. The number of alkyl halides is 3. The predicted molar refractivity (Wildman–Crippen MR) is 67.4 cm³/mol. The molecule has 0 aliphatic carbocycles. The first-order valence-electron chi connectivity index (χ1n) is 6.22. The molecule has 1 aromatic heterocycles. The van der Waals surface area contributed by atoms with Gasteiger partial charge in [-0.05, 0) is 12.1 Å². The Balaban J connectivity index is 2.47. The second-order valence-electron chi connectivity index (χ2n) is 5.88. The highest BCUT2D eigenvalue weighted by Gasteiger charge is 2.57. The summed E-state index contributed by atoms with van der Waals surface area (Å²) < 4.78 is 43.5. The van der Waals surface area contributed by atoms with Crippen molar-refractivity contribution in [2.75, 3.05) is 0 Å². The number of rotatable bonds is 1. The third-order valence-electron chi connectivity index (χ3n) is 3.44. The molecule has 0 unspecified atom stereocenters. The largest absolute Gasteiger partial charge is 0.459 e. The van der Waals surface area contributed by atoms with E-state index >= 15 is 0 Å². The lowest BCUT2D eigenvalue weighted by Crippen LogP contribution is -2.55. The van der Waals surface area contributed by atoms with Crippen LogP contribution in [0, 0.1) is 5.41 Å². The van der Waals surface area contributed by atoms with Crippen LogP contribution in [0.15, 0.2) is 27.9 Å². The molecule has 0 spiro atoms. The van der Waals surface area contributed by atoms with Gasteiger partial charge in [-0.25, -0.2) is 0 Å². The van der Waals surface area contributed by atoms with Gasteiger partial charge in [0.05, 0.1) is 6.26 Å². The maximum absolute atomic E-state index is 12.9. The minimum absolute atomic E-state index is 0.190. The van der Waals surface area contributed by atoms with Gasteiger partial charge in [-0.1, -0.05) is 20.8 Å². The van der Waals surface area contributed by atoms with Crippen molar-refractivity contribution in [3.8, 4) is 0 Å². The Labute approximate surface area is 119 Å². The summed E-state index contributed by atoms with van der Waals surface area (Å²) in [5.74, 6) is -1.11. The van der Waals surface area contributed by atoms with Crippen LogP contribution in [0.25, 0.3) is 0 Å². The molecule has 0 fully saturated rings. The summed E-state index contributed by atoms with van der Waals surface area (Å²) in [7, 11) is 0. The van der Waals surface area contributed by atoms with Crippen LogP contribution in [-0.2, 0) is 0 Å². The number of carbonyl (C=O) groups is 1. The molecule has 21 heavy (non-hydrogen) atoms. The molecule has 1 N–H and O–H groups in total. The quantitative estimate of drug-likeness (QED) is 0.867. The van der Waals surface area contributed by atoms with Gasteiger partial charge in [0.1, 0.15) is 5.71 Å². The van der Waals surface area contributed by atoms with E-state index in [1.54, 1.807) is 0 Å². The number of halogens is 3. The van der Waals surface area contributed by atoms with E-state index in [2.05, 4.69) is 5.10 Å². The lowest BCUT2D eigenvalue weighted by atomic mass is 9.80. The van der Waals surface area contributed by atoms with Crippen LogP contribution in [-0.4, -0.2) is 33.6 Å². The Morgan fingerprint density at radius 3 is 2.48 bits per heavy atom. The fraction of sp³-hybridized carbons (Fsp3) is 0.538. The number of aliphatic hydroxyl groups is 1. The van der Waals surface area contributed by atoms with Crippen molar-refractivity contribution >= 4 is 11.6 Å². The average molecular weight is 304 g/mol. The molecule has 2 heterocycles. The van der Waals surface area contributed by atoms with Crippen molar-refractivity contribution in [1.82, 2.24) is 5.01 Å². The molecular formula is C13H15F3N2O3. The summed E-state index contributed by atoms with van der Waals surface area (Å²) in [6.07, 6.45) is -4.28. The van der Waals surface area contributed by atoms with E-state index in [9.17, 15) is 23.1 Å². The summed E-state index contributed by atoms with van der Waals surface area (Å²) in [4.78, 5) is 12.2. The average Bonchev–Trinajstić information content (AvgIpc) is 2.93. The summed E-state index contributed by atoms with van der Waals surface area (Å²) in [6.45, 7) is 4.60. The molecule has 1 amide bonds. The van der Waals surface area contributed by atoms with Crippen LogP contribution in [0.4, 0.5) is 13.2 Å². The van der Waals surface area contributed by atoms with Crippen LogP contribution in [0.5, 0.6) is 0 Å². The fourth-order valence-corrected chi connectivity index (χ4v) is 2.00. The summed E-state index contributed by atoms with van der Waals surface area (Å²) in [5.41, 5.74) is -4.31. The van der Waals surface area contributed by atoms with Crippen LogP contribution < -0.4 is 0 Å². The molecule has 0 saturated heterocycles. The standard InChI is InChI=1S/C13H15F3N2O3/c1-11(2,3)12(20)7-9(13(14,15)16)17-18(12)10(19)8-5-4-6-21-8/h4-6,20H,7H2,1-3H3/t12-/m1/s1. The third kappa shape index (κ3) is 2.55. The monoisotopic (exact) mass is 304 g/mol. The zero-order chi connectivity index (χ0) is 16.1. The van der Waals surface area contributed by atoms with E-state index < -0.39 is 35.4 Å². The van der Waals surface area contributed by atoms with E-state index in [0.717, 1.165) is 0 Å². The van der Waals surface area contributed by atoms with Crippen molar-refractivity contribution in [2.24, 2.45) is 10.5 Å². The van der Waals surface area contributed by atoms with Gasteiger partial charge in [0, 0.05) is 11.8 Å². The van der Waals surface area contributed by atoms with Crippen molar-refractivity contribution in [1.29, 1.82) is 0 Å². The first-order chi connectivity index (χ1) is 9.47. The molecular weight excluding hydrogens is 289 g/mol. The van der Waals surface area contributed by atoms with Crippen molar-refractivity contribution in [3.05, 3.63) is 24.2 Å². The molecule has 0 saturated carbocycles. The van der Waals surface area contributed by atoms with Gasteiger partial charge in [-0.15, -0.1) is 0 Å². The summed E-state index contributed by atoms with van der Waals surface area (Å²) >= 11 is 0. The van der Waals surface area contributed by atoms with E-state index in [1.807, 2.05) is 0 Å². The Bertz CT molecular complexity index is 572. The SMILES string of the molecule is CC(C)(C)[C@]1(O)CC(C(F)(F)F)=NN1C(=O)c1ccco1. The van der Waals surface area contributed by atoms with Crippen molar-refractivity contribution < 1.29 is 27.5 Å². The summed E-state index contributed by atoms with van der Waals surface area (Å²) in [6, 6.07) is 2.72. The van der Waals surface area contributed by atoms with E-state index in [0.29, 0.717) is 5.01 Å². The van der Waals surface area contributed by atoms with Gasteiger partial charge in [0.15, 0.2) is 11.5 Å². The molecule has 0 bridgehead atoms. The van der Waals surface area contributed by atoms with Crippen LogP contribution in [0.3, 0.4) is 0 Å². The number of hydrogen-bond donors (Lipinski definition) is 1. The van der Waals surface area contributed by atoms with E-state index in [4.69, 9.17) is 4.42 Å². The molecule has 1 aliphatic heterocycles. The zero-order valence-electron chi connectivity index (χ0n) is 11.7. The third-order valence-corrected chi connectivity index (χ3v) is 3.44. The summed E-state index contributed by atoms with van der Waals surface area (Å²) in [5, 5.41) is 14.4. The zero-order valence-corrected chi connectivity index (χ0v) is 11.7. The maximum atomic E-state index is 12.9. The fourth-order valence-electron chi connectivity index (χ4n) is 2.00. The number of hydrazone groups is 1. The smallest absolute Gasteiger partial charge is 0.431 e. The first-order valence-corrected chi connectivity index (χ1v) is 6.22. The van der Waals surface area contributed by atoms with E-state index in [-0.39, 0.29) is 5.76 Å². The second kappa shape index (κ2) is 4.59. The number of furan rings is 1. The Morgan fingerprint density at radius 2 is 2.05 bits per heavy atom. The van der Waals surface area contributed by atoms with Crippen molar-refractivity contribution in [3.63, 3.8) is 0 Å². The van der Waals surface area contributed by atoms with Gasteiger partial charge in [0.25, 0.3) is 0 Å². The minimum atomic E-state index is -4.71. The molecule has 1 atom stereocenters. The lowest BCUT2D eigenvalue weighted by molar-refractivity contribution is -0.145. The molecule has 5 nitrogen and oxygen atoms in total. The molecule has 0 radical (unpaired) electrons. The van der Waals surface area contributed by atoms with Gasteiger partial charge in [-0.2, -0.15) is 23.3 Å². The van der Waals surface area contributed by atoms with Gasteiger partial charge in [0.2, 0.25) is 0 Å². The van der Waals surface area contributed by atoms with Crippen molar-refractivity contribution in [2.45, 2.75) is 39.1 Å². The number of hydrogen-bond acceptors (Lipinski definition) is 4. The van der Waals surface area contributed by atoms with Gasteiger partial charge >= 0.3 is 12.1 Å². The first kappa shape index (κ1) is 15.6. The normalized spacial score (nSPS) is 23.4. The second-order valence-corrected chi connectivity index (χ2v) is 5.88. The molecule has 1 aromatic rings. The highest BCUT2D eigenvalue weighted by atomic mass is 19.4. The minimum Gasteiger partial charge on any atom is -0.459 e. The Hall–Kier alpha value is -1.83. The number of carbonyl (C=O) groups excluding carboxylic acids is 1. The predicted octanol–water partition coefficient (Wildman–Crippen LogP) is 2.78. The van der Waals surface area contributed by atoms with Crippen LogP contribution in [0.2, 0.25) is 0 Å². The maximum Gasteiger partial charge on any atom is 0.431 e. The number of amides is 1. The van der Waals surface area contributed by atoms with Crippen LogP contribution >= 0.6 is 0 Å². The van der Waals surface area contributed by atoms with Gasteiger partial charge in [-0.3, -0.25) is 4.79 Å². The van der Waals surface area contributed by atoms with E-state index in [1.165, 1.54) is 39.2 Å². The lowest BCUT2D eigenvalue weighted by Gasteiger charge is -2.41. The molecule has 0 aromatic carbocycles. The topological polar surface area (TPSA) is 66.0 Å². The van der Waals surface area contributed by atoms with Crippen LogP contribution in [0.1, 0.15) is 37.7 Å². The highest BCUT2D eigenvalue weighted by Crippen LogP contribution is 2.43. The Kier molecular flexibility index (Phi) is 3.40. The molecule has 116 valence electrons. The highest BCUT2D eigenvalue weighted by molar-refractivity contribution is 5.98. The van der Waals surface area contributed by atoms with Gasteiger partial charge < -0.3 is 9.52 Å². The Morgan fingerprint density at radius 1 is 1.43 bits per heavy atom.